The molecule has 1 aromatic carbocycles. The predicted octanol–water partition coefficient (Wildman–Crippen LogP) is 3.24. The molecule has 1 aliphatic carbocycles. The van der Waals surface area contributed by atoms with Crippen molar-refractivity contribution < 1.29 is 9.53 Å². The van der Waals surface area contributed by atoms with Crippen molar-refractivity contribution in [2.24, 2.45) is 16.9 Å². The summed E-state index contributed by atoms with van der Waals surface area (Å²) in [7, 11) is 1.60. The Labute approximate surface area is 120 Å². The van der Waals surface area contributed by atoms with E-state index in [2.05, 4.69) is 24.4 Å². The van der Waals surface area contributed by atoms with E-state index in [1.807, 2.05) is 0 Å². The van der Waals surface area contributed by atoms with Gasteiger partial charge in [-0.1, -0.05) is 20.3 Å². The summed E-state index contributed by atoms with van der Waals surface area (Å²) in [5.41, 5.74) is 4.37. The monoisotopic (exact) mass is 274 g/mol. The fourth-order valence-corrected chi connectivity index (χ4v) is 2.65. The molecule has 1 amide bonds. The zero-order chi connectivity index (χ0) is 14.5. The molecule has 0 unspecified atom stereocenters. The second-order valence-corrected chi connectivity index (χ2v) is 5.44. The maximum atomic E-state index is 12.0. The number of carbonyl (C=O) groups is 1. The van der Waals surface area contributed by atoms with Crippen LogP contribution in [-0.4, -0.2) is 18.7 Å². The van der Waals surface area contributed by atoms with Crippen molar-refractivity contribution in [3.8, 4) is 5.75 Å². The molecule has 1 aliphatic rings. The van der Waals surface area contributed by atoms with E-state index in [-0.39, 0.29) is 5.91 Å². The fraction of sp³-hybridized carbons (Fsp3) is 0.500. The Morgan fingerprint density at radius 3 is 2.35 bits per heavy atom. The molecule has 0 spiro atoms. The largest absolute Gasteiger partial charge is 0.497 e. The summed E-state index contributed by atoms with van der Waals surface area (Å²) < 4.78 is 5.07. The molecule has 4 nitrogen and oxygen atoms in total. The van der Waals surface area contributed by atoms with Gasteiger partial charge in [-0.3, -0.25) is 4.79 Å². The number of hydrogen-bond donors (Lipinski definition) is 1. The van der Waals surface area contributed by atoms with Crippen LogP contribution in [0.4, 0.5) is 0 Å². The van der Waals surface area contributed by atoms with Crippen LogP contribution >= 0.6 is 0 Å². The van der Waals surface area contributed by atoms with Gasteiger partial charge in [-0.25, -0.2) is 5.43 Å². The highest BCUT2D eigenvalue weighted by Gasteiger charge is 2.23. The van der Waals surface area contributed by atoms with Crippen LogP contribution in [0.5, 0.6) is 5.75 Å². The van der Waals surface area contributed by atoms with Gasteiger partial charge in [0.05, 0.1) is 7.11 Å². The molecule has 1 N–H and O–H groups in total. The lowest BCUT2D eigenvalue weighted by Gasteiger charge is -2.26. The first-order valence-corrected chi connectivity index (χ1v) is 7.13. The molecular weight excluding hydrogens is 252 g/mol. The first kappa shape index (κ1) is 14.6. The minimum Gasteiger partial charge on any atom is -0.497 e. The van der Waals surface area contributed by atoms with Crippen LogP contribution in [0.15, 0.2) is 29.4 Å². The Bertz CT molecular complexity index is 482. The van der Waals surface area contributed by atoms with Gasteiger partial charge in [-0.05, 0) is 48.9 Å². The van der Waals surface area contributed by atoms with Gasteiger partial charge in [-0.15, -0.1) is 0 Å². The number of benzene rings is 1. The summed E-state index contributed by atoms with van der Waals surface area (Å²) in [4.78, 5) is 12.0. The number of nitrogens with zero attached hydrogens (tertiary/aromatic N) is 1. The molecular formula is C16H22N2O2. The standard InChI is InChI=1S/C16H22N2O2/c1-11-5-4-6-12(2)15(11)17-18-16(19)13-7-9-14(20-3)10-8-13/h7-12H,4-6H2,1-3H3,(H,18,19)/t11-,12-/m1/s1. The predicted molar refractivity (Wildman–Crippen MR) is 80.1 cm³/mol. The maximum absolute atomic E-state index is 12.0. The number of ether oxygens (including phenoxy) is 1. The van der Waals surface area contributed by atoms with Gasteiger partial charge in [-0.2, -0.15) is 5.10 Å². The molecule has 2 rings (SSSR count). The molecule has 0 aliphatic heterocycles. The molecule has 4 heteroatoms. The van der Waals surface area contributed by atoms with Crippen molar-refractivity contribution in [2.75, 3.05) is 7.11 Å². The maximum Gasteiger partial charge on any atom is 0.271 e. The van der Waals surface area contributed by atoms with Crippen LogP contribution in [0.3, 0.4) is 0 Å². The Morgan fingerprint density at radius 2 is 1.80 bits per heavy atom. The highest BCUT2D eigenvalue weighted by atomic mass is 16.5. The number of nitrogens with one attached hydrogen (secondary N) is 1. The number of hydrazone groups is 1. The molecule has 20 heavy (non-hydrogen) atoms. The van der Waals surface area contributed by atoms with Crippen molar-refractivity contribution in [3.63, 3.8) is 0 Å². The topological polar surface area (TPSA) is 50.7 Å². The first-order valence-electron chi connectivity index (χ1n) is 7.13. The van der Waals surface area contributed by atoms with Gasteiger partial charge in [0.2, 0.25) is 0 Å². The van der Waals surface area contributed by atoms with E-state index in [9.17, 15) is 4.79 Å². The Morgan fingerprint density at radius 1 is 1.20 bits per heavy atom. The van der Waals surface area contributed by atoms with Crippen molar-refractivity contribution >= 4 is 11.6 Å². The van der Waals surface area contributed by atoms with E-state index in [0.717, 1.165) is 24.3 Å². The lowest BCUT2D eigenvalue weighted by atomic mass is 9.81. The van der Waals surface area contributed by atoms with Gasteiger partial charge in [0, 0.05) is 11.3 Å². The quantitative estimate of drug-likeness (QED) is 0.860. The van der Waals surface area contributed by atoms with Crippen LogP contribution < -0.4 is 10.2 Å². The number of rotatable bonds is 3. The summed E-state index contributed by atoms with van der Waals surface area (Å²) >= 11 is 0. The first-order chi connectivity index (χ1) is 9.61. The third-order valence-corrected chi connectivity index (χ3v) is 3.92. The third kappa shape index (κ3) is 3.38. The second kappa shape index (κ2) is 6.55. The summed E-state index contributed by atoms with van der Waals surface area (Å²) in [6.07, 6.45) is 3.55. The number of hydrogen-bond acceptors (Lipinski definition) is 3. The molecule has 0 radical (unpaired) electrons. The minimum atomic E-state index is -0.176. The highest BCUT2D eigenvalue weighted by Crippen LogP contribution is 2.25. The average Bonchev–Trinajstić information content (AvgIpc) is 2.46. The van der Waals surface area contributed by atoms with Gasteiger partial charge in [0.1, 0.15) is 5.75 Å². The average molecular weight is 274 g/mol. The Hall–Kier alpha value is -1.84. The summed E-state index contributed by atoms with van der Waals surface area (Å²) in [6, 6.07) is 7.02. The van der Waals surface area contributed by atoms with Gasteiger partial charge < -0.3 is 4.74 Å². The lowest BCUT2D eigenvalue weighted by molar-refractivity contribution is 0.0954. The molecule has 0 saturated heterocycles. The lowest BCUT2D eigenvalue weighted by Crippen LogP contribution is -2.29. The molecule has 1 saturated carbocycles. The molecule has 0 bridgehead atoms. The second-order valence-electron chi connectivity index (χ2n) is 5.44. The van der Waals surface area contributed by atoms with Crippen molar-refractivity contribution in [3.05, 3.63) is 29.8 Å². The van der Waals surface area contributed by atoms with E-state index >= 15 is 0 Å². The molecule has 2 atom stereocenters. The van der Waals surface area contributed by atoms with Crippen LogP contribution in [0.2, 0.25) is 0 Å². The van der Waals surface area contributed by atoms with Crippen LogP contribution in [0.25, 0.3) is 0 Å². The van der Waals surface area contributed by atoms with Gasteiger partial charge >= 0.3 is 0 Å². The molecule has 0 heterocycles. The van der Waals surface area contributed by atoms with Gasteiger partial charge in [0.15, 0.2) is 0 Å². The molecule has 108 valence electrons. The summed E-state index contributed by atoms with van der Waals surface area (Å²) in [5, 5.41) is 4.35. The third-order valence-electron chi connectivity index (χ3n) is 3.92. The van der Waals surface area contributed by atoms with E-state index < -0.39 is 0 Å². The fourth-order valence-electron chi connectivity index (χ4n) is 2.65. The summed E-state index contributed by atoms with van der Waals surface area (Å²) in [6.45, 7) is 4.35. The van der Waals surface area contributed by atoms with E-state index in [1.54, 1.807) is 31.4 Å². The summed E-state index contributed by atoms with van der Waals surface area (Å²) in [5.74, 6) is 1.47. The minimum absolute atomic E-state index is 0.176. The van der Waals surface area contributed by atoms with Gasteiger partial charge in [0.25, 0.3) is 5.91 Å². The number of methoxy groups -OCH3 is 1. The molecule has 0 aromatic heterocycles. The van der Waals surface area contributed by atoms with Crippen LogP contribution in [-0.2, 0) is 0 Å². The SMILES string of the molecule is COc1ccc(C(=O)NN=C2[C@H](C)CCC[C@H]2C)cc1. The van der Waals surface area contributed by atoms with Crippen LogP contribution in [0.1, 0.15) is 43.5 Å². The van der Waals surface area contributed by atoms with E-state index in [0.29, 0.717) is 17.4 Å². The number of amides is 1. The highest BCUT2D eigenvalue weighted by molar-refractivity contribution is 5.96. The molecule has 1 aromatic rings. The Balaban J connectivity index is 2.03. The molecule has 1 fully saturated rings. The smallest absolute Gasteiger partial charge is 0.271 e. The van der Waals surface area contributed by atoms with E-state index in [4.69, 9.17) is 4.74 Å². The van der Waals surface area contributed by atoms with E-state index in [1.165, 1.54) is 6.42 Å². The zero-order valence-electron chi connectivity index (χ0n) is 12.3. The van der Waals surface area contributed by atoms with Crippen LogP contribution in [0, 0.1) is 11.8 Å². The van der Waals surface area contributed by atoms with Crippen molar-refractivity contribution in [1.82, 2.24) is 5.43 Å². The Kier molecular flexibility index (Phi) is 4.77. The zero-order valence-corrected chi connectivity index (χ0v) is 12.3. The number of carbonyl (C=O) groups excluding carboxylic acids is 1. The van der Waals surface area contributed by atoms with Crippen molar-refractivity contribution in [1.29, 1.82) is 0 Å². The van der Waals surface area contributed by atoms with Crippen molar-refractivity contribution in [2.45, 2.75) is 33.1 Å². The normalized spacial score (nSPS) is 22.2.